The number of nitrogens with one attached hydrogen (secondary N) is 1. The van der Waals surface area contributed by atoms with Gasteiger partial charge in [0.25, 0.3) is 0 Å². The van der Waals surface area contributed by atoms with Crippen LogP contribution in [-0.2, 0) is 19.1 Å². The van der Waals surface area contributed by atoms with Crippen LogP contribution in [0.15, 0.2) is 35.3 Å². The Morgan fingerprint density at radius 1 is 1.48 bits per heavy atom. The third kappa shape index (κ3) is 4.54. The number of carbonyl (C=O) groups is 1. The van der Waals surface area contributed by atoms with E-state index in [1.165, 1.54) is 0 Å². The Kier molecular flexibility index (Phi) is 5.71. The predicted octanol–water partition coefficient (Wildman–Crippen LogP) is 1.30. The summed E-state index contributed by atoms with van der Waals surface area (Å²) < 4.78 is 10.3. The van der Waals surface area contributed by atoms with Crippen molar-refractivity contribution in [3.63, 3.8) is 0 Å². The summed E-state index contributed by atoms with van der Waals surface area (Å²) in [7, 11) is 0. The minimum atomic E-state index is -0.560. The van der Waals surface area contributed by atoms with Crippen molar-refractivity contribution in [1.29, 1.82) is 0 Å². The van der Waals surface area contributed by atoms with Crippen LogP contribution < -0.4 is 5.48 Å². The Labute approximate surface area is 124 Å². The van der Waals surface area contributed by atoms with E-state index in [9.17, 15) is 4.79 Å². The highest BCUT2D eigenvalue weighted by molar-refractivity contribution is 5.98. The molecule has 0 fully saturated rings. The minimum Gasteiger partial charge on any atom is -0.461 e. The molecule has 2 rings (SSSR count). The molecule has 0 amide bonds. The maximum absolute atomic E-state index is 11.6. The van der Waals surface area contributed by atoms with Gasteiger partial charge >= 0.3 is 5.97 Å². The zero-order valence-corrected chi connectivity index (χ0v) is 12.2. The molecule has 1 aliphatic heterocycles. The van der Waals surface area contributed by atoms with E-state index >= 15 is 0 Å². The van der Waals surface area contributed by atoms with Gasteiger partial charge in [0.1, 0.15) is 12.7 Å². The maximum atomic E-state index is 11.6. The number of aliphatic imine (C=N–C) groups is 1. The number of hydroxylamine groups is 1. The van der Waals surface area contributed by atoms with Gasteiger partial charge in [-0.2, -0.15) is 0 Å². The summed E-state index contributed by atoms with van der Waals surface area (Å²) in [6.45, 7) is 4.56. The van der Waals surface area contributed by atoms with Gasteiger partial charge in [0, 0.05) is 12.2 Å². The van der Waals surface area contributed by atoms with Crippen LogP contribution in [0.5, 0.6) is 0 Å². The Morgan fingerprint density at radius 2 is 2.24 bits per heavy atom. The molecule has 6 nitrogen and oxygen atoms in total. The summed E-state index contributed by atoms with van der Waals surface area (Å²) in [5, 5.41) is 0. The standard InChI is InChI=1S/C15H20N2O4/c1-3-19-11(2)15(18)20-10-13-9-16-14(17-21-13)12-7-5-4-6-8-12/h4-8,11,13H,3,9-10H2,1-2H3,(H,16,17). The van der Waals surface area contributed by atoms with E-state index in [4.69, 9.17) is 14.3 Å². The predicted molar refractivity (Wildman–Crippen MR) is 77.9 cm³/mol. The Bertz CT molecular complexity index is 490. The third-order valence-electron chi connectivity index (χ3n) is 2.98. The van der Waals surface area contributed by atoms with Gasteiger partial charge in [-0.25, -0.2) is 10.3 Å². The van der Waals surface area contributed by atoms with Gasteiger partial charge in [-0.15, -0.1) is 0 Å². The van der Waals surface area contributed by atoms with E-state index in [0.717, 1.165) is 5.56 Å². The Morgan fingerprint density at radius 3 is 2.86 bits per heavy atom. The van der Waals surface area contributed by atoms with Crippen molar-refractivity contribution < 1.29 is 19.1 Å². The van der Waals surface area contributed by atoms with Crippen LogP contribution in [0.25, 0.3) is 0 Å². The molecule has 1 N–H and O–H groups in total. The monoisotopic (exact) mass is 292 g/mol. The first-order valence-corrected chi connectivity index (χ1v) is 7.00. The molecule has 0 bridgehead atoms. The fourth-order valence-electron chi connectivity index (χ4n) is 1.85. The second kappa shape index (κ2) is 7.75. The summed E-state index contributed by atoms with van der Waals surface area (Å²) in [6.07, 6.45) is -0.856. The second-order valence-corrected chi connectivity index (χ2v) is 4.62. The molecular formula is C15H20N2O4. The lowest BCUT2D eigenvalue weighted by molar-refractivity contribution is -0.160. The Balaban J connectivity index is 1.79. The molecule has 2 unspecified atom stereocenters. The summed E-state index contributed by atoms with van der Waals surface area (Å²) in [6, 6.07) is 9.69. The number of esters is 1. The molecule has 1 heterocycles. The van der Waals surface area contributed by atoms with Crippen LogP contribution >= 0.6 is 0 Å². The van der Waals surface area contributed by atoms with Gasteiger partial charge < -0.3 is 9.47 Å². The molecule has 0 radical (unpaired) electrons. The summed E-state index contributed by atoms with van der Waals surface area (Å²) >= 11 is 0. The normalized spacial score (nSPS) is 19.3. The molecule has 114 valence electrons. The zero-order chi connectivity index (χ0) is 15.1. The van der Waals surface area contributed by atoms with Crippen molar-refractivity contribution >= 4 is 11.8 Å². The number of benzene rings is 1. The lowest BCUT2D eigenvalue weighted by Gasteiger charge is -2.23. The topological polar surface area (TPSA) is 69.2 Å². The van der Waals surface area contributed by atoms with Crippen molar-refractivity contribution in [3.05, 3.63) is 35.9 Å². The largest absolute Gasteiger partial charge is 0.461 e. The summed E-state index contributed by atoms with van der Waals surface area (Å²) in [5.74, 6) is 0.291. The number of amidine groups is 1. The first kappa shape index (κ1) is 15.5. The van der Waals surface area contributed by atoms with Gasteiger partial charge in [-0.1, -0.05) is 30.3 Å². The minimum absolute atomic E-state index is 0.148. The average Bonchev–Trinajstić information content (AvgIpc) is 2.54. The van der Waals surface area contributed by atoms with E-state index in [1.807, 2.05) is 37.3 Å². The molecule has 6 heteroatoms. The fourth-order valence-corrected chi connectivity index (χ4v) is 1.85. The number of carbonyl (C=O) groups excluding carboxylic acids is 1. The van der Waals surface area contributed by atoms with Gasteiger partial charge in [-0.3, -0.25) is 9.83 Å². The van der Waals surface area contributed by atoms with Gasteiger partial charge in [-0.05, 0) is 13.8 Å². The molecule has 1 aromatic carbocycles. The second-order valence-electron chi connectivity index (χ2n) is 4.62. The third-order valence-corrected chi connectivity index (χ3v) is 2.98. The fraction of sp³-hybridized carbons (Fsp3) is 0.467. The van der Waals surface area contributed by atoms with Crippen molar-refractivity contribution in [1.82, 2.24) is 5.48 Å². The molecular weight excluding hydrogens is 272 g/mol. The lowest BCUT2D eigenvalue weighted by atomic mass is 10.2. The van der Waals surface area contributed by atoms with E-state index in [-0.39, 0.29) is 12.7 Å². The molecule has 0 aliphatic carbocycles. The van der Waals surface area contributed by atoms with Crippen LogP contribution in [0.4, 0.5) is 0 Å². The van der Waals surface area contributed by atoms with Crippen LogP contribution in [0.3, 0.4) is 0 Å². The Hall–Kier alpha value is -1.92. The number of hydrogen-bond donors (Lipinski definition) is 1. The van der Waals surface area contributed by atoms with Gasteiger partial charge in [0.15, 0.2) is 11.9 Å². The summed E-state index contributed by atoms with van der Waals surface area (Å²) in [5.41, 5.74) is 3.75. The number of hydrogen-bond acceptors (Lipinski definition) is 6. The number of nitrogens with zero attached hydrogens (tertiary/aromatic N) is 1. The molecule has 21 heavy (non-hydrogen) atoms. The van der Waals surface area contributed by atoms with Crippen molar-refractivity contribution in [2.24, 2.45) is 4.99 Å². The quantitative estimate of drug-likeness (QED) is 0.801. The molecule has 0 aromatic heterocycles. The van der Waals surface area contributed by atoms with E-state index in [1.54, 1.807) is 6.92 Å². The lowest BCUT2D eigenvalue weighted by Crippen LogP contribution is -2.40. The molecule has 2 atom stereocenters. The first-order chi connectivity index (χ1) is 10.2. The van der Waals surface area contributed by atoms with Crippen LogP contribution in [0.1, 0.15) is 19.4 Å². The van der Waals surface area contributed by atoms with E-state index in [2.05, 4.69) is 10.5 Å². The highest BCUT2D eigenvalue weighted by Crippen LogP contribution is 2.06. The van der Waals surface area contributed by atoms with Crippen molar-refractivity contribution in [3.8, 4) is 0 Å². The molecule has 0 saturated carbocycles. The molecule has 0 saturated heterocycles. The first-order valence-electron chi connectivity index (χ1n) is 7.00. The van der Waals surface area contributed by atoms with Crippen molar-refractivity contribution in [2.45, 2.75) is 26.1 Å². The van der Waals surface area contributed by atoms with E-state index < -0.39 is 12.1 Å². The van der Waals surface area contributed by atoms with Crippen LogP contribution in [0, 0.1) is 0 Å². The van der Waals surface area contributed by atoms with Crippen LogP contribution in [0.2, 0.25) is 0 Å². The number of ether oxygens (including phenoxy) is 2. The van der Waals surface area contributed by atoms with Crippen molar-refractivity contribution in [2.75, 3.05) is 19.8 Å². The SMILES string of the molecule is CCOC(C)C(=O)OCC1CN=C(c2ccccc2)NO1. The number of rotatable bonds is 6. The maximum Gasteiger partial charge on any atom is 0.335 e. The average molecular weight is 292 g/mol. The zero-order valence-electron chi connectivity index (χ0n) is 12.2. The van der Waals surface area contributed by atoms with Gasteiger partial charge in [0.05, 0.1) is 6.54 Å². The van der Waals surface area contributed by atoms with Gasteiger partial charge in [0.2, 0.25) is 0 Å². The summed E-state index contributed by atoms with van der Waals surface area (Å²) in [4.78, 5) is 21.4. The molecule has 1 aromatic rings. The molecule has 1 aliphatic rings. The highest BCUT2D eigenvalue weighted by atomic mass is 16.7. The van der Waals surface area contributed by atoms with Crippen LogP contribution in [-0.4, -0.2) is 43.8 Å². The smallest absolute Gasteiger partial charge is 0.335 e. The van der Waals surface area contributed by atoms with E-state index in [0.29, 0.717) is 19.0 Å². The molecule has 0 spiro atoms. The highest BCUT2D eigenvalue weighted by Gasteiger charge is 2.21.